The van der Waals surface area contributed by atoms with Crippen LogP contribution < -0.4 is 0 Å². The molecule has 3 rings (SSSR count). The van der Waals surface area contributed by atoms with Crippen LogP contribution in [0.25, 0.3) is 10.9 Å². The Morgan fingerprint density at radius 3 is 2.38 bits per heavy atom. The summed E-state index contributed by atoms with van der Waals surface area (Å²) in [5, 5.41) is 0.764. The second-order valence-electron chi connectivity index (χ2n) is 7.05. The number of hydrogen-bond acceptors (Lipinski definition) is 5. The Morgan fingerprint density at radius 1 is 1.03 bits per heavy atom. The van der Waals surface area contributed by atoms with Crippen molar-refractivity contribution in [2.45, 2.75) is 38.2 Å². The van der Waals surface area contributed by atoms with E-state index in [1.54, 1.807) is 19.1 Å². The zero-order valence-corrected chi connectivity index (χ0v) is 17.4. The SMILES string of the molecule is Cc1ccc(S(=O)(=O)CCC(=O)O[C@H](C)C(=O)c2c(C)[nH]c3ccccc23)cc1. The van der Waals surface area contributed by atoms with E-state index < -0.39 is 21.9 Å². The number of aryl methyl sites for hydroxylation is 2. The quantitative estimate of drug-likeness (QED) is 0.470. The first kappa shape index (κ1) is 20.8. The summed E-state index contributed by atoms with van der Waals surface area (Å²) >= 11 is 0. The monoisotopic (exact) mass is 413 g/mol. The molecule has 0 aliphatic rings. The number of rotatable bonds is 7. The third-order valence-corrected chi connectivity index (χ3v) is 6.50. The summed E-state index contributed by atoms with van der Waals surface area (Å²) in [7, 11) is -3.60. The number of para-hydroxylation sites is 1. The molecule has 0 spiro atoms. The van der Waals surface area contributed by atoms with Gasteiger partial charge in [0.2, 0.25) is 5.78 Å². The fraction of sp³-hybridized carbons (Fsp3) is 0.273. The van der Waals surface area contributed by atoms with E-state index in [-0.39, 0.29) is 22.9 Å². The number of carbonyl (C=O) groups is 2. The number of aromatic amines is 1. The molecule has 0 aliphatic carbocycles. The van der Waals surface area contributed by atoms with Gasteiger partial charge in [0, 0.05) is 22.2 Å². The topological polar surface area (TPSA) is 93.3 Å². The smallest absolute Gasteiger partial charge is 0.307 e. The van der Waals surface area contributed by atoms with Crippen molar-refractivity contribution in [3.8, 4) is 0 Å². The van der Waals surface area contributed by atoms with Crippen LogP contribution >= 0.6 is 0 Å². The molecule has 0 radical (unpaired) electrons. The number of nitrogens with one attached hydrogen (secondary N) is 1. The number of esters is 1. The average Bonchev–Trinajstić information content (AvgIpc) is 3.02. The lowest BCUT2D eigenvalue weighted by atomic mass is 10.0. The number of sulfone groups is 1. The molecule has 0 bridgehead atoms. The predicted molar refractivity (Wildman–Crippen MR) is 111 cm³/mol. The molecule has 0 saturated heterocycles. The first-order chi connectivity index (χ1) is 13.7. The van der Waals surface area contributed by atoms with Crippen LogP contribution in [-0.2, 0) is 19.4 Å². The molecule has 152 valence electrons. The third-order valence-electron chi connectivity index (χ3n) is 4.77. The highest BCUT2D eigenvalue weighted by Gasteiger charge is 2.25. The van der Waals surface area contributed by atoms with Crippen LogP contribution in [0.2, 0.25) is 0 Å². The molecule has 0 fully saturated rings. The van der Waals surface area contributed by atoms with Crippen molar-refractivity contribution in [3.63, 3.8) is 0 Å². The summed E-state index contributed by atoms with van der Waals surface area (Å²) in [4.78, 5) is 28.3. The van der Waals surface area contributed by atoms with Crippen molar-refractivity contribution < 1.29 is 22.7 Å². The van der Waals surface area contributed by atoms with Gasteiger partial charge < -0.3 is 9.72 Å². The Kier molecular flexibility index (Phi) is 5.88. The number of ketones is 1. The highest BCUT2D eigenvalue weighted by Crippen LogP contribution is 2.24. The zero-order chi connectivity index (χ0) is 21.2. The van der Waals surface area contributed by atoms with E-state index in [0.29, 0.717) is 11.3 Å². The van der Waals surface area contributed by atoms with Crippen molar-refractivity contribution in [1.29, 1.82) is 0 Å². The van der Waals surface area contributed by atoms with Crippen LogP contribution in [0, 0.1) is 13.8 Å². The van der Waals surface area contributed by atoms with E-state index in [9.17, 15) is 18.0 Å². The van der Waals surface area contributed by atoms with Crippen LogP contribution in [0.5, 0.6) is 0 Å². The first-order valence-corrected chi connectivity index (χ1v) is 10.9. The van der Waals surface area contributed by atoms with E-state index in [4.69, 9.17) is 4.74 Å². The first-order valence-electron chi connectivity index (χ1n) is 9.29. The van der Waals surface area contributed by atoms with E-state index in [0.717, 1.165) is 16.5 Å². The number of Topliss-reactive ketones (excluding diaryl/α,β-unsaturated/α-hetero) is 1. The normalized spacial score (nSPS) is 12.7. The Labute approximate surface area is 169 Å². The molecule has 6 nitrogen and oxygen atoms in total. The highest BCUT2D eigenvalue weighted by molar-refractivity contribution is 7.91. The molecule has 2 aromatic carbocycles. The minimum atomic E-state index is -3.60. The third kappa shape index (κ3) is 4.56. The van der Waals surface area contributed by atoms with Gasteiger partial charge in [0.1, 0.15) is 0 Å². The Balaban J connectivity index is 1.65. The summed E-state index contributed by atoms with van der Waals surface area (Å²) in [6, 6.07) is 13.8. The number of carbonyl (C=O) groups excluding carboxylic acids is 2. The van der Waals surface area contributed by atoms with Crippen molar-refractivity contribution in [3.05, 3.63) is 65.4 Å². The van der Waals surface area contributed by atoms with Gasteiger partial charge in [-0.15, -0.1) is 0 Å². The van der Waals surface area contributed by atoms with Gasteiger partial charge in [-0.25, -0.2) is 8.42 Å². The Hall–Kier alpha value is -2.93. The van der Waals surface area contributed by atoms with Gasteiger partial charge in [-0.3, -0.25) is 9.59 Å². The fourth-order valence-electron chi connectivity index (χ4n) is 3.19. The lowest BCUT2D eigenvalue weighted by Gasteiger charge is -2.13. The van der Waals surface area contributed by atoms with Gasteiger partial charge in [0.05, 0.1) is 17.1 Å². The number of fused-ring (bicyclic) bond motifs is 1. The summed E-state index contributed by atoms with van der Waals surface area (Å²) in [6.07, 6.45) is -1.33. The molecule has 29 heavy (non-hydrogen) atoms. The zero-order valence-electron chi connectivity index (χ0n) is 16.6. The minimum Gasteiger partial charge on any atom is -0.454 e. The standard InChI is InChI=1S/C22H23NO5S/c1-14-8-10-17(11-9-14)29(26,27)13-12-20(24)28-16(3)22(25)21-15(2)23-19-7-5-4-6-18(19)21/h4-11,16,23H,12-13H2,1-3H3/t16-/m1/s1. The van der Waals surface area contributed by atoms with Crippen molar-refractivity contribution >= 4 is 32.5 Å². The molecule has 3 aromatic rings. The van der Waals surface area contributed by atoms with Crippen LogP contribution in [0.15, 0.2) is 53.4 Å². The maximum atomic E-state index is 12.8. The van der Waals surface area contributed by atoms with E-state index in [1.807, 2.05) is 31.2 Å². The second kappa shape index (κ2) is 8.21. The van der Waals surface area contributed by atoms with E-state index >= 15 is 0 Å². The second-order valence-corrected chi connectivity index (χ2v) is 9.16. The molecular formula is C22H23NO5S. The molecule has 1 aromatic heterocycles. The van der Waals surface area contributed by atoms with Gasteiger partial charge in [0.25, 0.3) is 0 Å². The fourth-order valence-corrected chi connectivity index (χ4v) is 4.41. The van der Waals surface area contributed by atoms with Gasteiger partial charge >= 0.3 is 5.97 Å². The van der Waals surface area contributed by atoms with Gasteiger partial charge in [-0.05, 0) is 39.0 Å². The lowest BCUT2D eigenvalue weighted by Crippen LogP contribution is -2.26. The number of ether oxygens (including phenoxy) is 1. The van der Waals surface area contributed by atoms with Crippen molar-refractivity contribution in [2.24, 2.45) is 0 Å². The van der Waals surface area contributed by atoms with Crippen LogP contribution in [0.4, 0.5) is 0 Å². The summed E-state index contributed by atoms with van der Waals surface area (Å²) in [6.45, 7) is 5.15. The number of benzene rings is 2. The summed E-state index contributed by atoms with van der Waals surface area (Å²) in [5.41, 5.74) is 2.95. The molecule has 1 heterocycles. The molecule has 1 N–H and O–H groups in total. The maximum Gasteiger partial charge on any atom is 0.307 e. The van der Waals surface area contributed by atoms with Gasteiger partial charge in [-0.1, -0.05) is 35.9 Å². The highest BCUT2D eigenvalue weighted by atomic mass is 32.2. The minimum absolute atomic E-state index is 0.162. The largest absolute Gasteiger partial charge is 0.454 e. The van der Waals surface area contributed by atoms with E-state index in [2.05, 4.69) is 4.98 Å². The van der Waals surface area contributed by atoms with Crippen molar-refractivity contribution in [1.82, 2.24) is 4.98 Å². The van der Waals surface area contributed by atoms with Crippen LogP contribution in [-0.4, -0.2) is 37.0 Å². The average molecular weight is 413 g/mol. The number of aromatic nitrogens is 1. The predicted octanol–water partition coefficient (Wildman–Crippen LogP) is 3.76. The van der Waals surface area contributed by atoms with Crippen LogP contribution in [0.3, 0.4) is 0 Å². The number of H-pyrrole nitrogens is 1. The molecule has 7 heteroatoms. The Bertz CT molecular complexity index is 1160. The van der Waals surface area contributed by atoms with Gasteiger partial charge in [-0.2, -0.15) is 0 Å². The van der Waals surface area contributed by atoms with Crippen LogP contribution in [0.1, 0.15) is 35.0 Å². The molecule has 0 amide bonds. The van der Waals surface area contributed by atoms with Crippen molar-refractivity contribution in [2.75, 3.05) is 5.75 Å². The molecule has 1 atom stereocenters. The number of hydrogen-bond donors (Lipinski definition) is 1. The summed E-state index contributed by atoms with van der Waals surface area (Å²) in [5.74, 6) is -1.42. The molecule has 0 saturated carbocycles. The molecular weight excluding hydrogens is 390 g/mol. The molecule has 0 unspecified atom stereocenters. The summed E-state index contributed by atoms with van der Waals surface area (Å²) < 4.78 is 30.0. The molecule has 0 aliphatic heterocycles. The Morgan fingerprint density at radius 2 is 1.69 bits per heavy atom. The maximum absolute atomic E-state index is 12.8. The van der Waals surface area contributed by atoms with Gasteiger partial charge in [0.15, 0.2) is 15.9 Å². The lowest BCUT2D eigenvalue weighted by molar-refractivity contribution is -0.145. The van der Waals surface area contributed by atoms with E-state index in [1.165, 1.54) is 19.1 Å².